The molecule has 1 aliphatic heterocycles. The van der Waals surface area contributed by atoms with Crippen LogP contribution in [0.3, 0.4) is 0 Å². The van der Waals surface area contributed by atoms with Crippen LogP contribution in [0.25, 0.3) is 0 Å². The average Bonchev–Trinajstić information content (AvgIpc) is 2.64. The second kappa shape index (κ2) is 4.02. The Bertz CT molecular complexity index is 360. The molecule has 1 N–H and O–H groups in total. The molecule has 1 atom stereocenters. The Hall–Kier alpha value is -1.36. The van der Waals surface area contributed by atoms with E-state index in [0.29, 0.717) is 11.7 Å². The standard InChI is InChI=1S/C10H16N4O/c1-8-5-14(4-3-11-8)10(15)9-6-13(2)7-12-9/h6-8,11H,3-5H2,1-2H3/t8-/m0/s1. The van der Waals surface area contributed by atoms with Crippen LogP contribution in [0.4, 0.5) is 0 Å². The zero-order chi connectivity index (χ0) is 10.8. The monoisotopic (exact) mass is 208 g/mol. The maximum atomic E-state index is 12.0. The summed E-state index contributed by atoms with van der Waals surface area (Å²) < 4.78 is 1.79. The molecule has 1 aromatic rings. The highest BCUT2D eigenvalue weighted by Crippen LogP contribution is 2.05. The molecule has 1 aromatic heterocycles. The number of piperazine rings is 1. The van der Waals surface area contributed by atoms with Crippen molar-refractivity contribution in [3.63, 3.8) is 0 Å². The molecular formula is C10H16N4O. The molecule has 0 spiro atoms. The highest BCUT2D eigenvalue weighted by Gasteiger charge is 2.22. The van der Waals surface area contributed by atoms with Crippen molar-refractivity contribution < 1.29 is 4.79 Å². The van der Waals surface area contributed by atoms with E-state index in [1.54, 1.807) is 17.1 Å². The molecule has 1 fully saturated rings. The summed E-state index contributed by atoms with van der Waals surface area (Å²) >= 11 is 0. The molecule has 0 aliphatic carbocycles. The van der Waals surface area contributed by atoms with E-state index >= 15 is 0 Å². The van der Waals surface area contributed by atoms with Crippen LogP contribution in [0.5, 0.6) is 0 Å². The van der Waals surface area contributed by atoms with E-state index in [1.807, 2.05) is 11.9 Å². The minimum absolute atomic E-state index is 0.0314. The lowest BCUT2D eigenvalue weighted by Crippen LogP contribution is -2.51. The fourth-order valence-corrected chi connectivity index (χ4v) is 1.80. The van der Waals surface area contributed by atoms with Gasteiger partial charge in [-0.1, -0.05) is 0 Å². The van der Waals surface area contributed by atoms with Crippen LogP contribution in [0.1, 0.15) is 17.4 Å². The highest BCUT2D eigenvalue weighted by atomic mass is 16.2. The van der Waals surface area contributed by atoms with E-state index in [1.165, 1.54) is 0 Å². The van der Waals surface area contributed by atoms with Gasteiger partial charge in [0.15, 0.2) is 0 Å². The summed E-state index contributed by atoms with van der Waals surface area (Å²) in [5.74, 6) is 0.0314. The number of nitrogens with one attached hydrogen (secondary N) is 1. The first kappa shape index (κ1) is 10.2. The molecule has 0 unspecified atom stereocenters. The largest absolute Gasteiger partial charge is 0.340 e. The molecule has 1 aliphatic rings. The quantitative estimate of drug-likeness (QED) is 0.698. The average molecular weight is 208 g/mol. The Labute approximate surface area is 89.1 Å². The zero-order valence-electron chi connectivity index (χ0n) is 9.10. The van der Waals surface area contributed by atoms with Crippen molar-refractivity contribution in [2.75, 3.05) is 19.6 Å². The molecule has 2 rings (SSSR count). The van der Waals surface area contributed by atoms with E-state index < -0.39 is 0 Å². The van der Waals surface area contributed by atoms with Crippen LogP contribution in [0, 0.1) is 0 Å². The molecule has 15 heavy (non-hydrogen) atoms. The SMILES string of the molecule is C[C@H]1CN(C(=O)c2cn(C)cn2)CCN1. The van der Waals surface area contributed by atoms with E-state index in [0.717, 1.165) is 19.6 Å². The Morgan fingerprint density at radius 1 is 1.67 bits per heavy atom. The van der Waals surface area contributed by atoms with Gasteiger partial charge in [0, 0.05) is 38.9 Å². The van der Waals surface area contributed by atoms with Crippen molar-refractivity contribution in [1.29, 1.82) is 0 Å². The third kappa shape index (κ3) is 2.18. The lowest BCUT2D eigenvalue weighted by Gasteiger charge is -2.31. The number of amides is 1. The number of aryl methyl sites for hydroxylation is 1. The number of hydrogen-bond acceptors (Lipinski definition) is 3. The van der Waals surface area contributed by atoms with Crippen LogP contribution in [-0.4, -0.2) is 46.0 Å². The predicted molar refractivity (Wildman–Crippen MR) is 56.6 cm³/mol. The van der Waals surface area contributed by atoms with Gasteiger partial charge in [-0.05, 0) is 6.92 Å². The normalized spacial score (nSPS) is 21.7. The van der Waals surface area contributed by atoms with Gasteiger partial charge in [0.2, 0.25) is 0 Å². The molecular weight excluding hydrogens is 192 g/mol. The zero-order valence-corrected chi connectivity index (χ0v) is 9.10. The third-order valence-corrected chi connectivity index (χ3v) is 2.58. The molecule has 82 valence electrons. The van der Waals surface area contributed by atoms with Gasteiger partial charge in [-0.2, -0.15) is 0 Å². The van der Waals surface area contributed by atoms with Gasteiger partial charge in [0.1, 0.15) is 5.69 Å². The van der Waals surface area contributed by atoms with Crippen molar-refractivity contribution in [3.8, 4) is 0 Å². The first-order valence-electron chi connectivity index (χ1n) is 5.17. The Balaban J connectivity index is 2.07. The van der Waals surface area contributed by atoms with E-state index in [-0.39, 0.29) is 5.91 Å². The van der Waals surface area contributed by atoms with Crippen LogP contribution >= 0.6 is 0 Å². The summed E-state index contributed by atoms with van der Waals surface area (Å²) in [6, 6.07) is 0.367. The number of nitrogens with zero attached hydrogens (tertiary/aromatic N) is 3. The van der Waals surface area contributed by atoms with Crippen LogP contribution in [0.15, 0.2) is 12.5 Å². The maximum absolute atomic E-state index is 12.0. The van der Waals surface area contributed by atoms with Gasteiger partial charge < -0.3 is 14.8 Å². The third-order valence-electron chi connectivity index (χ3n) is 2.58. The predicted octanol–water partition coefficient (Wildman–Crippen LogP) is -0.146. The van der Waals surface area contributed by atoms with Crippen LogP contribution in [-0.2, 0) is 7.05 Å². The smallest absolute Gasteiger partial charge is 0.274 e. The molecule has 0 aromatic carbocycles. The lowest BCUT2D eigenvalue weighted by atomic mass is 10.2. The summed E-state index contributed by atoms with van der Waals surface area (Å²) in [6.07, 6.45) is 3.41. The molecule has 5 heteroatoms. The minimum atomic E-state index is 0.0314. The van der Waals surface area contributed by atoms with Crippen molar-refractivity contribution in [1.82, 2.24) is 19.8 Å². The van der Waals surface area contributed by atoms with Gasteiger partial charge in [-0.25, -0.2) is 4.98 Å². The minimum Gasteiger partial charge on any atom is -0.340 e. The van der Waals surface area contributed by atoms with Crippen molar-refractivity contribution in [3.05, 3.63) is 18.2 Å². The molecule has 2 heterocycles. The number of imidazole rings is 1. The van der Waals surface area contributed by atoms with Crippen molar-refractivity contribution in [2.45, 2.75) is 13.0 Å². The Morgan fingerprint density at radius 3 is 3.07 bits per heavy atom. The molecule has 0 saturated carbocycles. The van der Waals surface area contributed by atoms with Gasteiger partial charge in [-0.3, -0.25) is 4.79 Å². The first-order valence-corrected chi connectivity index (χ1v) is 5.17. The molecule has 0 radical (unpaired) electrons. The molecule has 0 bridgehead atoms. The van der Waals surface area contributed by atoms with Gasteiger partial charge >= 0.3 is 0 Å². The van der Waals surface area contributed by atoms with Crippen LogP contribution < -0.4 is 5.32 Å². The highest BCUT2D eigenvalue weighted by molar-refractivity contribution is 5.92. The fourth-order valence-electron chi connectivity index (χ4n) is 1.80. The van der Waals surface area contributed by atoms with Gasteiger partial charge in [0.25, 0.3) is 5.91 Å². The number of carbonyl (C=O) groups excluding carboxylic acids is 1. The lowest BCUT2D eigenvalue weighted by molar-refractivity contribution is 0.0703. The Kier molecular flexibility index (Phi) is 2.73. The van der Waals surface area contributed by atoms with Gasteiger partial charge in [0.05, 0.1) is 6.33 Å². The summed E-state index contributed by atoms with van der Waals surface area (Å²) in [5, 5.41) is 3.30. The molecule has 1 amide bonds. The molecule has 5 nitrogen and oxygen atoms in total. The van der Waals surface area contributed by atoms with Gasteiger partial charge in [-0.15, -0.1) is 0 Å². The van der Waals surface area contributed by atoms with E-state index in [2.05, 4.69) is 17.2 Å². The number of aromatic nitrogens is 2. The second-order valence-electron chi connectivity index (χ2n) is 4.03. The van der Waals surface area contributed by atoms with Crippen molar-refractivity contribution in [2.24, 2.45) is 7.05 Å². The second-order valence-corrected chi connectivity index (χ2v) is 4.03. The number of hydrogen-bond donors (Lipinski definition) is 1. The summed E-state index contributed by atoms with van der Waals surface area (Å²) in [6.45, 7) is 4.47. The topological polar surface area (TPSA) is 50.2 Å². The van der Waals surface area contributed by atoms with Crippen LogP contribution in [0.2, 0.25) is 0 Å². The summed E-state index contributed by atoms with van der Waals surface area (Å²) in [5.41, 5.74) is 0.534. The Morgan fingerprint density at radius 2 is 2.47 bits per heavy atom. The summed E-state index contributed by atoms with van der Waals surface area (Å²) in [4.78, 5) is 17.9. The maximum Gasteiger partial charge on any atom is 0.274 e. The molecule has 1 saturated heterocycles. The fraction of sp³-hybridized carbons (Fsp3) is 0.600. The summed E-state index contributed by atoms with van der Waals surface area (Å²) in [7, 11) is 1.87. The first-order chi connectivity index (χ1) is 7.16. The van der Waals surface area contributed by atoms with E-state index in [9.17, 15) is 4.79 Å². The number of carbonyl (C=O) groups is 1. The van der Waals surface area contributed by atoms with Crippen molar-refractivity contribution >= 4 is 5.91 Å². The van der Waals surface area contributed by atoms with E-state index in [4.69, 9.17) is 0 Å². The number of rotatable bonds is 1.